The van der Waals surface area contributed by atoms with E-state index in [0.717, 1.165) is 5.01 Å². The van der Waals surface area contributed by atoms with E-state index in [4.69, 9.17) is 5.73 Å². The number of thiazole rings is 1. The quantitative estimate of drug-likeness (QED) is 0.853. The Labute approximate surface area is 115 Å². The molecule has 19 heavy (non-hydrogen) atoms. The largest absolute Gasteiger partial charge is 0.339 e. The highest BCUT2D eigenvalue weighted by atomic mass is 32.1. The van der Waals surface area contributed by atoms with E-state index >= 15 is 0 Å². The summed E-state index contributed by atoms with van der Waals surface area (Å²) in [7, 11) is 0. The van der Waals surface area contributed by atoms with Gasteiger partial charge >= 0.3 is 0 Å². The summed E-state index contributed by atoms with van der Waals surface area (Å²) in [4.78, 5) is 20.4. The maximum Gasteiger partial charge on any atom is 0.272 e. The van der Waals surface area contributed by atoms with Crippen molar-refractivity contribution in [1.29, 1.82) is 0 Å². The summed E-state index contributed by atoms with van der Waals surface area (Å²) in [6, 6.07) is 0. The topological polar surface area (TPSA) is 85.8 Å². The number of rotatable bonds is 5. The van der Waals surface area contributed by atoms with Crippen molar-refractivity contribution in [3.63, 3.8) is 0 Å². The van der Waals surface area contributed by atoms with Crippen molar-refractivity contribution >= 4 is 17.2 Å². The van der Waals surface area contributed by atoms with Gasteiger partial charge in [-0.05, 0) is 13.8 Å². The van der Waals surface area contributed by atoms with Gasteiger partial charge in [0.1, 0.15) is 10.7 Å². The minimum absolute atomic E-state index is 0.212. The molecule has 0 aliphatic heterocycles. The lowest BCUT2D eigenvalue weighted by atomic mass is 10.1. The van der Waals surface area contributed by atoms with Gasteiger partial charge in [0.2, 0.25) is 0 Å². The fourth-order valence-corrected chi connectivity index (χ4v) is 2.40. The average Bonchev–Trinajstić information content (AvgIpc) is 2.99. The molecular formula is C12H17N5OS. The Morgan fingerprint density at radius 2 is 2.32 bits per heavy atom. The van der Waals surface area contributed by atoms with Crippen molar-refractivity contribution in [2.24, 2.45) is 5.73 Å². The van der Waals surface area contributed by atoms with E-state index in [1.54, 1.807) is 23.3 Å². The highest BCUT2D eigenvalue weighted by Gasteiger charge is 2.26. The first-order chi connectivity index (χ1) is 9.03. The van der Waals surface area contributed by atoms with Crippen molar-refractivity contribution in [2.45, 2.75) is 25.9 Å². The Morgan fingerprint density at radius 1 is 1.53 bits per heavy atom. The van der Waals surface area contributed by atoms with Crippen LogP contribution >= 0.6 is 11.3 Å². The van der Waals surface area contributed by atoms with Crippen LogP contribution in [-0.2, 0) is 12.1 Å². The zero-order chi connectivity index (χ0) is 13.9. The van der Waals surface area contributed by atoms with Gasteiger partial charge < -0.3 is 15.6 Å². The molecule has 0 bridgehead atoms. The summed E-state index contributed by atoms with van der Waals surface area (Å²) in [5.74, 6) is -0.212. The number of amides is 1. The Hall–Kier alpha value is -1.73. The van der Waals surface area contributed by atoms with E-state index in [1.807, 2.05) is 19.2 Å². The first-order valence-electron chi connectivity index (χ1n) is 5.97. The van der Waals surface area contributed by atoms with Gasteiger partial charge in [0.05, 0.1) is 11.9 Å². The van der Waals surface area contributed by atoms with Gasteiger partial charge in [-0.15, -0.1) is 11.3 Å². The second-order valence-electron chi connectivity index (χ2n) is 4.70. The number of imidazole rings is 1. The molecule has 0 spiro atoms. The lowest BCUT2D eigenvalue weighted by molar-refractivity contribution is 0.0907. The van der Waals surface area contributed by atoms with Crippen LogP contribution in [0, 0.1) is 0 Å². The third-order valence-electron chi connectivity index (χ3n) is 2.65. The summed E-state index contributed by atoms with van der Waals surface area (Å²) < 4.78 is 1.80. The fraction of sp³-hybridized carbons (Fsp3) is 0.417. The number of nitrogens with one attached hydrogen (secondary N) is 1. The molecule has 0 fully saturated rings. The molecule has 0 saturated carbocycles. The van der Waals surface area contributed by atoms with Gasteiger partial charge in [0, 0.05) is 30.9 Å². The van der Waals surface area contributed by atoms with Crippen molar-refractivity contribution in [3.05, 3.63) is 34.8 Å². The smallest absolute Gasteiger partial charge is 0.272 e. The van der Waals surface area contributed by atoms with Crippen LogP contribution in [0.5, 0.6) is 0 Å². The summed E-state index contributed by atoms with van der Waals surface area (Å²) in [5, 5.41) is 5.68. The fourth-order valence-electron chi connectivity index (χ4n) is 1.68. The zero-order valence-electron chi connectivity index (χ0n) is 11.0. The molecule has 3 N–H and O–H groups in total. The molecule has 2 aromatic rings. The van der Waals surface area contributed by atoms with Gasteiger partial charge in [0.25, 0.3) is 5.91 Å². The molecule has 0 unspecified atom stereocenters. The SMILES string of the molecule is CC(C)(NC(=O)c1cn(CCN)cn1)c1nccs1. The molecule has 2 rings (SSSR count). The van der Waals surface area contributed by atoms with Crippen LogP contribution in [0.4, 0.5) is 0 Å². The van der Waals surface area contributed by atoms with E-state index in [0.29, 0.717) is 18.8 Å². The standard InChI is InChI=1S/C12H17N5OS/c1-12(2,11-14-4-6-19-11)16-10(18)9-7-17(5-3-13)8-15-9/h4,6-8H,3,5,13H2,1-2H3,(H,16,18). The van der Waals surface area contributed by atoms with Crippen LogP contribution in [0.3, 0.4) is 0 Å². The predicted molar refractivity (Wildman–Crippen MR) is 73.9 cm³/mol. The van der Waals surface area contributed by atoms with E-state index in [2.05, 4.69) is 15.3 Å². The molecule has 6 nitrogen and oxygen atoms in total. The number of carbonyl (C=O) groups excluding carboxylic acids is 1. The summed E-state index contributed by atoms with van der Waals surface area (Å²) in [6.07, 6.45) is 5.03. The van der Waals surface area contributed by atoms with Gasteiger partial charge in [-0.2, -0.15) is 0 Å². The highest BCUT2D eigenvalue weighted by molar-refractivity contribution is 7.09. The lowest BCUT2D eigenvalue weighted by Gasteiger charge is -2.23. The second-order valence-corrected chi connectivity index (χ2v) is 5.60. The first kappa shape index (κ1) is 13.7. The minimum atomic E-state index is -0.511. The summed E-state index contributed by atoms with van der Waals surface area (Å²) in [5.41, 5.74) is 5.33. The molecule has 0 aromatic carbocycles. The number of hydrogen-bond donors (Lipinski definition) is 2. The van der Waals surface area contributed by atoms with Crippen LogP contribution in [0.2, 0.25) is 0 Å². The maximum absolute atomic E-state index is 12.1. The van der Waals surface area contributed by atoms with Crippen LogP contribution in [0.25, 0.3) is 0 Å². The van der Waals surface area contributed by atoms with E-state index in [-0.39, 0.29) is 5.91 Å². The molecular weight excluding hydrogens is 262 g/mol. The van der Waals surface area contributed by atoms with Gasteiger partial charge in [0.15, 0.2) is 0 Å². The Kier molecular flexibility index (Phi) is 3.96. The third-order valence-corrected chi connectivity index (χ3v) is 3.74. The molecule has 102 valence electrons. The van der Waals surface area contributed by atoms with Crippen LogP contribution in [-0.4, -0.2) is 27.0 Å². The highest BCUT2D eigenvalue weighted by Crippen LogP contribution is 2.22. The van der Waals surface area contributed by atoms with Gasteiger partial charge in [-0.1, -0.05) is 0 Å². The number of aromatic nitrogens is 3. The molecule has 0 saturated heterocycles. The molecule has 0 radical (unpaired) electrons. The maximum atomic E-state index is 12.1. The van der Waals surface area contributed by atoms with E-state index in [9.17, 15) is 4.79 Å². The minimum Gasteiger partial charge on any atom is -0.339 e. The Balaban J connectivity index is 2.08. The molecule has 2 aromatic heterocycles. The first-order valence-corrected chi connectivity index (χ1v) is 6.85. The molecule has 2 heterocycles. The van der Waals surface area contributed by atoms with Crippen LogP contribution in [0.1, 0.15) is 29.3 Å². The lowest BCUT2D eigenvalue weighted by Crippen LogP contribution is -2.41. The van der Waals surface area contributed by atoms with Gasteiger partial charge in [-0.25, -0.2) is 9.97 Å². The monoisotopic (exact) mass is 279 g/mol. The van der Waals surface area contributed by atoms with Crippen molar-refractivity contribution in [3.8, 4) is 0 Å². The zero-order valence-corrected chi connectivity index (χ0v) is 11.8. The number of carbonyl (C=O) groups is 1. The molecule has 1 amide bonds. The summed E-state index contributed by atoms with van der Waals surface area (Å²) in [6.45, 7) is 5.00. The molecule has 0 aliphatic carbocycles. The summed E-state index contributed by atoms with van der Waals surface area (Å²) >= 11 is 1.51. The van der Waals surface area contributed by atoms with E-state index < -0.39 is 5.54 Å². The van der Waals surface area contributed by atoms with Crippen LogP contribution < -0.4 is 11.1 Å². The molecule has 0 aliphatic rings. The number of nitrogens with two attached hydrogens (primary N) is 1. The van der Waals surface area contributed by atoms with Crippen molar-refractivity contribution < 1.29 is 4.79 Å². The van der Waals surface area contributed by atoms with Crippen LogP contribution in [0.15, 0.2) is 24.1 Å². The number of hydrogen-bond acceptors (Lipinski definition) is 5. The van der Waals surface area contributed by atoms with Crippen molar-refractivity contribution in [2.75, 3.05) is 6.54 Å². The molecule has 7 heteroatoms. The average molecular weight is 279 g/mol. The van der Waals surface area contributed by atoms with E-state index in [1.165, 1.54) is 11.3 Å². The second kappa shape index (κ2) is 5.50. The Morgan fingerprint density at radius 3 is 2.95 bits per heavy atom. The normalized spacial score (nSPS) is 11.5. The number of nitrogens with zero attached hydrogens (tertiary/aromatic N) is 3. The molecule has 0 atom stereocenters. The predicted octanol–water partition coefficient (Wildman–Crippen LogP) is 0.963. The Bertz CT molecular complexity index is 546. The van der Waals surface area contributed by atoms with Crippen molar-refractivity contribution in [1.82, 2.24) is 19.9 Å². The van der Waals surface area contributed by atoms with Gasteiger partial charge in [-0.3, -0.25) is 4.79 Å². The third kappa shape index (κ3) is 3.18.